The Morgan fingerprint density at radius 1 is 1.29 bits per heavy atom. The van der Waals surface area contributed by atoms with E-state index >= 15 is 0 Å². The molecule has 2 aromatic heterocycles. The summed E-state index contributed by atoms with van der Waals surface area (Å²) in [6, 6.07) is 4.01. The molecule has 0 radical (unpaired) electrons. The van der Waals surface area contributed by atoms with Crippen LogP contribution in [0.4, 0.5) is 0 Å². The molecule has 2 nitrogen and oxygen atoms in total. The van der Waals surface area contributed by atoms with Crippen molar-refractivity contribution in [3.8, 4) is 0 Å². The predicted molar refractivity (Wildman–Crippen MR) is 63.5 cm³/mol. The van der Waals surface area contributed by atoms with Gasteiger partial charge in [-0.3, -0.25) is 0 Å². The monoisotopic (exact) mass is 317 g/mol. The van der Waals surface area contributed by atoms with Crippen LogP contribution in [0.2, 0.25) is 0 Å². The Balaban J connectivity index is 2.70. The van der Waals surface area contributed by atoms with Crippen LogP contribution in [0.1, 0.15) is 25.5 Å². The Labute approximate surface area is 99.0 Å². The highest BCUT2D eigenvalue weighted by molar-refractivity contribution is 9.11. The minimum atomic E-state index is 0.396. The van der Waals surface area contributed by atoms with Crippen LogP contribution in [0.3, 0.4) is 0 Å². The molecule has 4 heteroatoms. The van der Waals surface area contributed by atoms with E-state index in [4.69, 9.17) is 4.42 Å². The molecule has 0 aromatic carbocycles. The van der Waals surface area contributed by atoms with Gasteiger partial charge in [0.1, 0.15) is 10.4 Å². The van der Waals surface area contributed by atoms with Gasteiger partial charge in [-0.15, -0.1) is 0 Å². The molecule has 0 spiro atoms. The van der Waals surface area contributed by atoms with Crippen LogP contribution in [0.25, 0.3) is 11.0 Å². The third-order valence-corrected chi connectivity index (χ3v) is 2.96. The second-order valence-corrected chi connectivity index (χ2v) is 5.02. The maximum atomic E-state index is 5.69. The van der Waals surface area contributed by atoms with Gasteiger partial charge in [-0.05, 0) is 44.0 Å². The molecule has 0 amide bonds. The van der Waals surface area contributed by atoms with Gasteiger partial charge in [0.15, 0.2) is 10.2 Å². The van der Waals surface area contributed by atoms with Crippen molar-refractivity contribution < 1.29 is 4.42 Å². The fourth-order valence-electron chi connectivity index (χ4n) is 1.28. The quantitative estimate of drug-likeness (QED) is 0.725. The van der Waals surface area contributed by atoms with E-state index in [0.717, 1.165) is 25.9 Å². The standard InChI is InChI=1S/C10H9Br2NO/c1-5(2)7-3-6-4-8(11)13-10(12)9(6)14-7/h3-5H,1-2H3. The number of hydrogen-bond acceptors (Lipinski definition) is 2. The molecule has 0 fully saturated rings. The number of furan rings is 1. The van der Waals surface area contributed by atoms with E-state index in [1.807, 2.05) is 6.07 Å². The highest BCUT2D eigenvalue weighted by Gasteiger charge is 2.11. The fraction of sp³-hybridized carbons (Fsp3) is 0.300. The Hall–Kier alpha value is -0.350. The summed E-state index contributed by atoms with van der Waals surface area (Å²) in [5.74, 6) is 1.38. The molecular weight excluding hydrogens is 310 g/mol. The first-order chi connectivity index (χ1) is 6.58. The van der Waals surface area contributed by atoms with Crippen LogP contribution in [0.5, 0.6) is 0 Å². The third-order valence-electron chi connectivity index (χ3n) is 2.02. The Bertz CT molecular complexity index is 476. The molecule has 0 unspecified atom stereocenters. The lowest BCUT2D eigenvalue weighted by Crippen LogP contribution is -1.79. The van der Waals surface area contributed by atoms with Crippen LogP contribution in [-0.2, 0) is 0 Å². The second-order valence-electron chi connectivity index (χ2n) is 3.46. The average molecular weight is 319 g/mol. The predicted octanol–water partition coefficient (Wildman–Crippen LogP) is 4.48. The molecule has 14 heavy (non-hydrogen) atoms. The maximum Gasteiger partial charge on any atom is 0.167 e. The van der Waals surface area contributed by atoms with Crippen molar-refractivity contribution in [2.24, 2.45) is 0 Å². The van der Waals surface area contributed by atoms with Crippen LogP contribution < -0.4 is 0 Å². The number of hydrogen-bond donors (Lipinski definition) is 0. The van der Waals surface area contributed by atoms with Gasteiger partial charge < -0.3 is 4.42 Å². The molecular formula is C10H9Br2NO. The zero-order valence-electron chi connectivity index (χ0n) is 7.84. The van der Waals surface area contributed by atoms with Gasteiger partial charge in [-0.25, -0.2) is 4.98 Å². The normalized spacial score (nSPS) is 11.5. The smallest absolute Gasteiger partial charge is 0.167 e. The van der Waals surface area contributed by atoms with Gasteiger partial charge in [0.25, 0.3) is 0 Å². The first-order valence-electron chi connectivity index (χ1n) is 4.33. The molecule has 0 saturated carbocycles. The Kier molecular flexibility index (Phi) is 2.66. The molecule has 0 aliphatic heterocycles. The average Bonchev–Trinajstić information content (AvgIpc) is 2.47. The Morgan fingerprint density at radius 3 is 2.64 bits per heavy atom. The van der Waals surface area contributed by atoms with E-state index in [0.29, 0.717) is 5.92 Å². The number of nitrogens with zero attached hydrogens (tertiary/aromatic N) is 1. The summed E-state index contributed by atoms with van der Waals surface area (Å²) in [4.78, 5) is 4.21. The van der Waals surface area contributed by atoms with Crippen LogP contribution in [0.15, 0.2) is 25.8 Å². The number of fused-ring (bicyclic) bond motifs is 1. The SMILES string of the molecule is CC(C)c1cc2cc(Br)nc(Br)c2o1. The second kappa shape index (κ2) is 3.66. The van der Waals surface area contributed by atoms with Crippen LogP contribution >= 0.6 is 31.9 Å². The summed E-state index contributed by atoms with van der Waals surface area (Å²) in [5, 5.41) is 1.07. The largest absolute Gasteiger partial charge is 0.458 e. The van der Waals surface area contributed by atoms with E-state index in [2.05, 4.69) is 56.8 Å². The summed E-state index contributed by atoms with van der Waals surface area (Å²) >= 11 is 6.72. The molecule has 0 atom stereocenters. The minimum absolute atomic E-state index is 0.396. The molecule has 2 rings (SSSR count). The van der Waals surface area contributed by atoms with E-state index in [1.54, 1.807) is 0 Å². The van der Waals surface area contributed by atoms with Crippen molar-refractivity contribution in [1.29, 1.82) is 0 Å². The van der Waals surface area contributed by atoms with Gasteiger partial charge in [0.05, 0.1) is 0 Å². The summed E-state index contributed by atoms with van der Waals surface area (Å²) < 4.78 is 7.24. The van der Waals surface area contributed by atoms with Crippen LogP contribution in [-0.4, -0.2) is 4.98 Å². The topological polar surface area (TPSA) is 26.0 Å². The lowest BCUT2D eigenvalue weighted by molar-refractivity contribution is 0.519. The summed E-state index contributed by atoms with van der Waals surface area (Å²) in [7, 11) is 0. The Morgan fingerprint density at radius 2 is 2.00 bits per heavy atom. The molecule has 2 heterocycles. The molecule has 0 N–H and O–H groups in total. The minimum Gasteiger partial charge on any atom is -0.458 e. The van der Waals surface area contributed by atoms with Crippen molar-refractivity contribution >= 4 is 42.8 Å². The lowest BCUT2D eigenvalue weighted by atomic mass is 10.1. The van der Waals surface area contributed by atoms with Crippen molar-refractivity contribution in [3.05, 3.63) is 27.1 Å². The van der Waals surface area contributed by atoms with E-state index in [9.17, 15) is 0 Å². The molecule has 0 aliphatic rings. The first kappa shape index (κ1) is 10.2. The highest BCUT2D eigenvalue weighted by atomic mass is 79.9. The molecule has 0 bridgehead atoms. The van der Waals surface area contributed by atoms with Crippen molar-refractivity contribution in [1.82, 2.24) is 4.98 Å². The van der Waals surface area contributed by atoms with Gasteiger partial charge in [0, 0.05) is 11.3 Å². The summed E-state index contributed by atoms with van der Waals surface area (Å²) in [5.41, 5.74) is 0.817. The fourth-order valence-corrected chi connectivity index (χ4v) is 2.45. The lowest BCUT2D eigenvalue weighted by Gasteiger charge is -1.96. The maximum absolute atomic E-state index is 5.69. The van der Waals surface area contributed by atoms with Crippen molar-refractivity contribution in [2.75, 3.05) is 0 Å². The van der Waals surface area contributed by atoms with Gasteiger partial charge >= 0.3 is 0 Å². The van der Waals surface area contributed by atoms with E-state index < -0.39 is 0 Å². The number of rotatable bonds is 1. The highest BCUT2D eigenvalue weighted by Crippen LogP contribution is 2.30. The van der Waals surface area contributed by atoms with Gasteiger partial charge in [0.2, 0.25) is 0 Å². The van der Waals surface area contributed by atoms with Crippen molar-refractivity contribution in [2.45, 2.75) is 19.8 Å². The van der Waals surface area contributed by atoms with Gasteiger partial charge in [-0.2, -0.15) is 0 Å². The zero-order valence-corrected chi connectivity index (χ0v) is 11.0. The molecule has 74 valence electrons. The number of aromatic nitrogens is 1. The summed E-state index contributed by atoms with van der Waals surface area (Å²) in [6.45, 7) is 4.21. The van der Waals surface area contributed by atoms with E-state index in [-0.39, 0.29) is 0 Å². The van der Waals surface area contributed by atoms with Crippen molar-refractivity contribution in [3.63, 3.8) is 0 Å². The molecule has 0 saturated heterocycles. The van der Waals surface area contributed by atoms with E-state index in [1.165, 1.54) is 0 Å². The van der Waals surface area contributed by atoms with Gasteiger partial charge in [-0.1, -0.05) is 13.8 Å². The third kappa shape index (κ3) is 1.73. The first-order valence-corrected chi connectivity index (χ1v) is 5.92. The van der Waals surface area contributed by atoms with Crippen LogP contribution in [0, 0.1) is 0 Å². The molecule has 2 aromatic rings. The molecule has 0 aliphatic carbocycles. The number of pyridine rings is 1. The number of halogens is 2. The summed E-state index contributed by atoms with van der Waals surface area (Å²) in [6.07, 6.45) is 0. The zero-order chi connectivity index (χ0) is 10.3.